The number of amides is 8. The third-order valence-corrected chi connectivity index (χ3v) is 13.7. The predicted octanol–water partition coefficient (Wildman–Crippen LogP) is 0.213. The first-order chi connectivity index (χ1) is 39.6. The van der Waals surface area contributed by atoms with Gasteiger partial charge in [0.05, 0.1) is 12.6 Å². The smallest absolute Gasteiger partial charge is 0.326 e. The largest absolute Gasteiger partial charge is 0.481 e. The number of nitrogens with one attached hydrogen (secondary N) is 10. The van der Waals surface area contributed by atoms with Gasteiger partial charge in [-0.3, -0.25) is 47.9 Å². The number of thiol groups is 1. The molecule has 4 aromatic rings. The number of likely N-dealkylation sites (N-methyl/N-ethyl adjacent to an activating group) is 1. The minimum absolute atomic E-state index is 0.0405. The lowest BCUT2D eigenvalue weighted by Crippen LogP contribution is -2.60. The summed E-state index contributed by atoms with van der Waals surface area (Å²) < 4.78 is 0. The summed E-state index contributed by atoms with van der Waals surface area (Å²) in [7, 11) is 1.60. The third-order valence-electron chi connectivity index (χ3n) is 13.3. The average Bonchev–Trinajstić information content (AvgIpc) is 4.17. The van der Waals surface area contributed by atoms with E-state index in [4.69, 9.17) is 5.73 Å². The Morgan fingerprint density at radius 3 is 1.51 bits per heavy atom. The van der Waals surface area contributed by atoms with Crippen molar-refractivity contribution in [1.29, 1.82) is 0 Å². The van der Waals surface area contributed by atoms with Gasteiger partial charge in [-0.15, -0.1) is 0 Å². The van der Waals surface area contributed by atoms with Gasteiger partial charge in [-0.1, -0.05) is 92.7 Å². The number of carbonyl (C=O) groups excluding carboxylic acids is 8. The van der Waals surface area contributed by atoms with Crippen LogP contribution >= 0.6 is 12.6 Å². The van der Waals surface area contributed by atoms with Crippen LogP contribution < -0.4 is 53.6 Å². The van der Waals surface area contributed by atoms with Crippen LogP contribution in [-0.2, 0) is 72.0 Å². The molecule has 450 valence electrons. The molecule has 8 amide bonds. The molecule has 0 saturated heterocycles. The number of nitrogens with two attached hydrogens (primary N) is 1. The Kier molecular flexibility index (Phi) is 28.2. The van der Waals surface area contributed by atoms with Gasteiger partial charge in [0.15, 0.2) is 0 Å². The van der Waals surface area contributed by atoms with Gasteiger partial charge in [0, 0.05) is 48.5 Å². The second-order valence-corrected chi connectivity index (χ2v) is 20.7. The molecule has 0 bridgehead atoms. The van der Waals surface area contributed by atoms with Gasteiger partial charge in [0.1, 0.15) is 42.3 Å². The molecule has 3 aromatic carbocycles. The quantitative estimate of drug-likeness (QED) is 0.0212. The summed E-state index contributed by atoms with van der Waals surface area (Å²) in [5, 5.41) is 53.0. The SMILES string of the molecule is CN[C@@H](Cc1ccccc1)C(=O)N[C@@H](CS)C(=O)N[C@@H](Cc1ccccc1)C(=O)N[C@@H](CCCCN)C(=O)N[C@@H](CCC(=O)O)C(=O)N[C@@H](CC(C)C)C(=O)N[C@@H](CCC(=O)O)C(=O)NCC(=O)N[C@@H](Cc1c[nH]c2ccccc12)C(=O)O. The van der Waals surface area contributed by atoms with Gasteiger partial charge in [0.25, 0.3) is 0 Å². The number of fused-ring (bicyclic) bond motifs is 1. The topological polar surface area (TPSA) is 399 Å². The number of rotatable bonds is 37. The number of aromatic nitrogens is 1. The summed E-state index contributed by atoms with van der Waals surface area (Å²) in [5.74, 6) is -11.5. The molecule has 1 heterocycles. The van der Waals surface area contributed by atoms with Gasteiger partial charge in [-0.2, -0.15) is 12.6 Å². The second kappa shape index (κ2) is 34.8. The summed E-state index contributed by atoms with van der Waals surface area (Å²) in [6.07, 6.45) is 0.00322. The van der Waals surface area contributed by atoms with Crippen molar-refractivity contribution in [2.24, 2.45) is 11.7 Å². The standard InChI is InChI=1S/C57H77N11O14S/c1-33(2)26-43(54(78)64-40(21-23-48(70)71)50(74)61-31-47(69)62-45(57(81)82)29-36-30-60-38-19-11-10-18-37(36)38)66-52(76)41(22-24-49(72)73)65-51(75)39(20-12-13-25-58)63-55(79)44(28-35-16-8-5-9-17-35)67-56(80)46(32-83)68-53(77)42(59-3)27-34-14-6-4-7-15-34/h4-11,14-19,30,33,39-46,59-60,83H,12-13,20-29,31-32,58H2,1-3H3,(H,61,74)(H,62,69)(H,63,79)(H,64,78)(H,65,75)(H,66,76)(H,67,80)(H,68,77)(H,70,71)(H,72,73)(H,81,82)/t39-,40-,41-,42-,43-,44-,45-,46-/m0/s1. The van der Waals surface area contributed by atoms with Crippen molar-refractivity contribution in [2.75, 3.05) is 25.9 Å². The molecular formula is C57H77N11O14S. The number of hydrogen-bond acceptors (Lipinski definition) is 14. The van der Waals surface area contributed by atoms with Crippen molar-refractivity contribution >= 4 is 88.7 Å². The molecular weight excluding hydrogens is 1090 g/mol. The van der Waals surface area contributed by atoms with Gasteiger partial charge >= 0.3 is 17.9 Å². The van der Waals surface area contributed by atoms with E-state index >= 15 is 0 Å². The van der Waals surface area contributed by atoms with Crippen LogP contribution in [0.25, 0.3) is 10.9 Å². The lowest BCUT2D eigenvalue weighted by molar-refractivity contribution is -0.141. The van der Waals surface area contributed by atoms with E-state index in [1.165, 1.54) is 0 Å². The fourth-order valence-electron chi connectivity index (χ4n) is 8.86. The fraction of sp³-hybridized carbons (Fsp3) is 0.456. The highest BCUT2D eigenvalue weighted by molar-refractivity contribution is 7.80. The maximum absolute atomic E-state index is 14.4. The molecule has 15 N–H and O–H groups in total. The number of carboxylic acid groups (broad SMARTS) is 3. The monoisotopic (exact) mass is 1170 g/mol. The number of carboxylic acids is 3. The highest BCUT2D eigenvalue weighted by Gasteiger charge is 2.35. The van der Waals surface area contributed by atoms with E-state index in [1.807, 2.05) is 30.3 Å². The van der Waals surface area contributed by atoms with E-state index in [-0.39, 0.29) is 50.3 Å². The summed E-state index contributed by atoms with van der Waals surface area (Å²) in [6.45, 7) is 2.85. The van der Waals surface area contributed by atoms with E-state index in [9.17, 15) is 68.1 Å². The molecule has 1 aromatic heterocycles. The molecule has 0 aliphatic rings. The molecule has 0 unspecified atom stereocenters. The van der Waals surface area contributed by atoms with E-state index in [2.05, 4.69) is 65.5 Å². The first-order valence-corrected chi connectivity index (χ1v) is 27.9. The molecule has 0 radical (unpaired) electrons. The van der Waals surface area contributed by atoms with Crippen molar-refractivity contribution < 1.29 is 68.1 Å². The number of aliphatic carboxylic acids is 3. The maximum atomic E-state index is 14.4. The molecule has 4 rings (SSSR count). The van der Waals surface area contributed by atoms with Crippen LogP contribution in [-0.4, -0.2) is 160 Å². The average molecular weight is 1170 g/mol. The Bertz CT molecular complexity index is 2840. The molecule has 25 nitrogen and oxygen atoms in total. The highest BCUT2D eigenvalue weighted by Crippen LogP contribution is 2.19. The number of aromatic amines is 1. The Hall–Kier alpha value is -8.36. The zero-order valence-corrected chi connectivity index (χ0v) is 47.5. The summed E-state index contributed by atoms with van der Waals surface area (Å²) in [5.41, 5.74) is 8.62. The zero-order valence-electron chi connectivity index (χ0n) is 46.6. The van der Waals surface area contributed by atoms with Crippen molar-refractivity contribution in [3.05, 3.63) is 108 Å². The summed E-state index contributed by atoms with van der Waals surface area (Å²) in [4.78, 5) is 150. The zero-order chi connectivity index (χ0) is 61.0. The van der Waals surface area contributed by atoms with Gasteiger partial charge in [-0.25, -0.2) is 4.79 Å². The van der Waals surface area contributed by atoms with Crippen LogP contribution in [0.5, 0.6) is 0 Å². The van der Waals surface area contributed by atoms with E-state index in [0.717, 1.165) is 16.5 Å². The Labute approximate surface area is 486 Å². The number of H-pyrrole nitrogens is 1. The van der Waals surface area contributed by atoms with Crippen molar-refractivity contribution in [3.8, 4) is 0 Å². The van der Waals surface area contributed by atoms with Gasteiger partial charge in [-0.05, 0) is 87.2 Å². The minimum Gasteiger partial charge on any atom is -0.481 e. The van der Waals surface area contributed by atoms with Crippen LogP contribution in [0.4, 0.5) is 0 Å². The second-order valence-electron chi connectivity index (χ2n) is 20.3. The van der Waals surface area contributed by atoms with Gasteiger partial charge in [0.2, 0.25) is 47.3 Å². The summed E-state index contributed by atoms with van der Waals surface area (Å²) >= 11 is 4.32. The number of para-hydroxylation sites is 1. The fourth-order valence-corrected chi connectivity index (χ4v) is 9.11. The van der Waals surface area contributed by atoms with Crippen molar-refractivity contribution in [1.82, 2.24) is 52.8 Å². The van der Waals surface area contributed by atoms with Gasteiger partial charge < -0.3 is 73.9 Å². The van der Waals surface area contributed by atoms with E-state index in [1.54, 1.807) is 81.7 Å². The van der Waals surface area contributed by atoms with Crippen molar-refractivity contribution in [2.45, 2.75) is 133 Å². The molecule has 0 fully saturated rings. The first kappa shape index (κ1) is 67.1. The van der Waals surface area contributed by atoms with Crippen molar-refractivity contribution in [3.63, 3.8) is 0 Å². The van der Waals surface area contributed by atoms with Crippen LogP contribution in [0, 0.1) is 5.92 Å². The molecule has 83 heavy (non-hydrogen) atoms. The highest BCUT2D eigenvalue weighted by atomic mass is 32.1. The minimum atomic E-state index is -1.65. The van der Waals surface area contributed by atoms with Crippen LogP contribution in [0.3, 0.4) is 0 Å². The third kappa shape index (κ3) is 23.2. The summed E-state index contributed by atoms with van der Waals surface area (Å²) in [6, 6.07) is 14.2. The van der Waals surface area contributed by atoms with Crippen LogP contribution in [0.2, 0.25) is 0 Å². The normalized spacial score (nSPS) is 14.0. The lowest BCUT2D eigenvalue weighted by atomic mass is 10.0. The predicted molar refractivity (Wildman–Crippen MR) is 309 cm³/mol. The number of hydrogen-bond donors (Lipinski definition) is 15. The molecule has 0 saturated carbocycles. The molecule has 0 aliphatic carbocycles. The molecule has 0 aliphatic heterocycles. The Morgan fingerprint density at radius 2 is 0.976 bits per heavy atom. The Balaban J connectivity index is 1.51. The van der Waals surface area contributed by atoms with E-state index < -0.39 is 146 Å². The number of benzene rings is 3. The molecule has 0 spiro atoms. The van der Waals surface area contributed by atoms with E-state index in [0.29, 0.717) is 24.0 Å². The first-order valence-electron chi connectivity index (χ1n) is 27.3. The van der Waals surface area contributed by atoms with Crippen LogP contribution in [0.1, 0.15) is 81.9 Å². The number of carbonyl (C=O) groups is 11. The Morgan fingerprint density at radius 1 is 0.518 bits per heavy atom. The molecule has 8 atom stereocenters. The lowest BCUT2D eigenvalue weighted by Gasteiger charge is -2.28. The maximum Gasteiger partial charge on any atom is 0.326 e. The van der Waals surface area contributed by atoms with Crippen LogP contribution in [0.15, 0.2) is 91.1 Å². The number of unbranched alkanes of at least 4 members (excludes halogenated alkanes) is 1. The molecule has 26 heteroatoms.